The highest BCUT2D eigenvalue weighted by molar-refractivity contribution is 6.01. The molecular formula is C15H17N3O3. The largest absolute Gasteiger partial charge is 0.469 e. The lowest BCUT2D eigenvalue weighted by molar-refractivity contribution is -0.146. The zero-order valence-electron chi connectivity index (χ0n) is 12.0. The van der Waals surface area contributed by atoms with Crippen molar-refractivity contribution in [1.29, 1.82) is 0 Å². The predicted molar refractivity (Wildman–Crippen MR) is 75.8 cm³/mol. The molecule has 0 spiro atoms. The Hall–Kier alpha value is -2.37. The van der Waals surface area contributed by atoms with Crippen LogP contribution >= 0.6 is 0 Å². The molecule has 0 aromatic carbocycles. The van der Waals surface area contributed by atoms with E-state index in [9.17, 15) is 9.59 Å². The quantitative estimate of drug-likeness (QED) is 0.779. The van der Waals surface area contributed by atoms with Gasteiger partial charge in [0.05, 0.1) is 30.3 Å². The average Bonchev–Trinajstić information content (AvgIpc) is 3.09. The van der Waals surface area contributed by atoms with Gasteiger partial charge < -0.3 is 9.64 Å². The minimum Gasteiger partial charge on any atom is -0.469 e. The molecule has 1 fully saturated rings. The van der Waals surface area contributed by atoms with E-state index >= 15 is 0 Å². The molecule has 0 aliphatic carbocycles. The van der Waals surface area contributed by atoms with Gasteiger partial charge >= 0.3 is 5.97 Å². The fraction of sp³-hybridized carbons (Fsp3) is 0.400. The lowest BCUT2D eigenvalue weighted by Gasteiger charge is -2.15. The van der Waals surface area contributed by atoms with Crippen molar-refractivity contribution in [2.45, 2.75) is 6.92 Å². The molecule has 1 aliphatic heterocycles. The first-order valence-electron chi connectivity index (χ1n) is 6.91. The Morgan fingerprint density at radius 3 is 2.90 bits per heavy atom. The summed E-state index contributed by atoms with van der Waals surface area (Å²) in [5, 5.41) is 4.18. The van der Waals surface area contributed by atoms with E-state index in [0.29, 0.717) is 18.7 Å². The molecule has 6 nitrogen and oxygen atoms in total. The van der Waals surface area contributed by atoms with E-state index in [0.717, 1.165) is 5.52 Å². The zero-order chi connectivity index (χ0) is 15.0. The van der Waals surface area contributed by atoms with Crippen LogP contribution in [0.3, 0.4) is 0 Å². The first-order valence-corrected chi connectivity index (χ1v) is 6.91. The topological polar surface area (TPSA) is 63.9 Å². The third-order valence-corrected chi connectivity index (χ3v) is 4.06. The van der Waals surface area contributed by atoms with Gasteiger partial charge in [0.1, 0.15) is 0 Å². The number of aromatic nitrogens is 2. The highest BCUT2D eigenvalue weighted by Crippen LogP contribution is 2.26. The summed E-state index contributed by atoms with van der Waals surface area (Å²) < 4.78 is 6.47. The molecule has 110 valence electrons. The van der Waals surface area contributed by atoms with Crippen LogP contribution in [0, 0.1) is 11.8 Å². The van der Waals surface area contributed by atoms with E-state index in [-0.39, 0.29) is 23.7 Å². The van der Waals surface area contributed by atoms with Gasteiger partial charge in [-0.2, -0.15) is 5.10 Å². The van der Waals surface area contributed by atoms with E-state index in [2.05, 4.69) is 5.10 Å². The first kappa shape index (κ1) is 13.6. The predicted octanol–water partition coefficient (Wildman–Crippen LogP) is 1.22. The third kappa shape index (κ3) is 2.26. The van der Waals surface area contributed by atoms with Crippen LogP contribution in [0.25, 0.3) is 5.52 Å². The van der Waals surface area contributed by atoms with Crippen LogP contribution < -0.4 is 0 Å². The highest BCUT2D eigenvalue weighted by atomic mass is 16.5. The van der Waals surface area contributed by atoms with Gasteiger partial charge in [-0.3, -0.25) is 9.59 Å². The second kappa shape index (κ2) is 5.20. The van der Waals surface area contributed by atoms with E-state index in [1.807, 2.05) is 25.1 Å². The van der Waals surface area contributed by atoms with E-state index in [4.69, 9.17) is 4.74 Å². The molecule has 1 amide bonds. The molecule has 3 rings (SSSR count). The molecule has 21 heavy (non-hydrogen) atoms. The van der Waals surface area contributed by atoms with Gasteiger partial charge in [-0.15, -0.1) is 0 Å². The molecule has 1 aliphatic rings. The summed E-state index contributed by atoms with van der Waals surface area (Å²) in [5.41, 5.74) is 1.34. The van der Waals surface area contributed by atoms with Crippen LogP contribution in [0.4, 0.5) is 0 Å². The molecule has 3 heterocycles. The molecule has 2 aromatic heterocycles. The molecule has 6 heteroatoms. The summed E-state index contributed by atoms with van der Waals surface area (Å²) in [6.45, 7) is 2.92. The molecule has 0 bridgehead atoms. The van der Waals surface area contributed by atoms with Crippen molar-refractivity contribution in [3.8, 4) is 0 Å². The van der Waals surface area contributed by atoms with Crippen molar-refractivity contribution in [3.05, 3.63) is 36.2 Å². The van der Waals surface area contributed by atoms with Crippen molar-refractivity contribution in [1.82, 2.24) is 14.5 Å². The third-order valence-electron chi connectivity index (χ3n) is 4.06. The Labute approximate surface area is 122 Å². The molecule has 0 N–H and O–H groups in total. The van der Waals surface area contributed by atoms with Crippen LogP contribution in [0.15, 0.2) is 30.6 Å². The maximum atomic E-state index is 12.6. The lowest BCUT2D eigenvalue weighted by atomic mass is 9.99. The van der Waals surface area contributed by atoms with Gasteiger partial charge in [0.15, 0.2) is 0 Å². The van der Waals surface area contributed by atoms with Crippen LogP contribution in [0.2, 0.25) is 0 Å². The Morgan fingerprint density at radius 2 is 2.14 bits per heavy atom. The van der Waals surface area contributed by atoms with Crippen LogP contribution in [-0.4, -0.2) is 46.6 Å². The van der Waals surface area contributed by atoms with Crippen molar-refractivity contribution in [2.24, 2.45) is 11.8 Å². The monoisotopic (exact) mass is 287 g/mol. The number of carbonyl (C=O) groups is 2. The Kier molecular flexibility index (Phi) is 3.37. The molecule has 2 aromatic rings. The van der Waals surface area contributed by atoms with Crippen molar-refractivity contribution in [3.63, 3.8) is 0 Å². The van der Waals surface area contributed by atoms with E-state index in [1.165, 1.54) is 7.11 Å². The second-order valence-corrected chi connectivity index (χ2v) is 5.41. The number of ether oxygens (including phenoxy) is 1. The van der Waals surface area contributed by atoms with Crippen molar-refractivity contribution in [2.75, 3.05) is 20.2 Å². The van der Waals surface area contributed by atoms with Crippen LogP contribution in [-0.2, 0) is 9.53 Å². The molecular weight excluding hydrogens is 270 g/mol. The van der Waals surface area contributed by atoms with Gasteiger partial charge in [0, 0.05) is 19.3 Å². The highest BCUT2D eigenvalue weighted by Gasteiger charge is 2.38. The van der Waals surface area contributed by atoms with Crippen molar-refractivity contribution >= 4 is 17.4 Å². The zero-order valence-corrected chi connectivity index (χ0v) is 12.0. The van der Waals surface area contributed by atoms with Gasteiger partial charge in [0.25, 0.3) is 5.91 Å². The summed E-state index contributed by atoms with van der Waals surface area (Å²) in [4.78, 5) is 26.1. The Morgan fingerprint density at radius 1 is 1.33 bits per heavy atom. The molecule has 0 radical (unpaired) electrons. The minimum atomic E-state index is -0.252. The number of hydrogen-bond acceptors (Lipinski definition) is 4. The average molecular weight is 287 g/mol. The standard InChI is InChI=1S/C15H17N3O3/c1-10-8-17(9-12(10)15(20)21-2)14(19)11-7-16-18-6-4-3-5-13(11)18/h3-7,10,12H,8-9H2,1-2H3. The number of esters is 1. The van der Waals surface area contributed by atoms with Gasteiger partial charge in [-0.05, 0) is 18.1 Å². The van der Waals surface area contributed by atoms with Crippen LogP contribution in [0.5, 0.6) is 0 Å². The SMILES string of the molecule is COC(=O)C1CN(C(=O)c2cnn3ccccc23)CC1C. The molecule has 2 unspecified atom stereocenters. The van der Waals surface area contributed by atoms with Gasteiger partial charge in [0.2, 0.25) is 0 Å². The number of amides is 1. The van der Waals surface area contributed by atoms with E-state index < -0.39 is 0 Å². The number of pyridine rings is 1. The summed E-state index contributed by atoms with van der Waals surface area (Å²) in [5.74, 6) is -0.490. The number of rotatable bonds is 2. The summed E-state index contributed by atoms with van der Waals surface area (Å²) >= 11 is 0. The maximum Gasteiger partial charge on any atom is 0.310 e. The number of methoxy groups -OCH3 is 1. The Balaban J connectivity index is 1.85. The number of carbonyl (C=O) groups excluding carboxylic acids is 2. The van der Waals surface area contributed by atoms with Crippen LogP contribution in [0.1, 0.15) is 17.3 Å². The summed E-state index contributed by atoms with van der Waals surface area (Å²) in [6, 6.07) is 5.59. The fourth-order valence-electron chi connectivity index (χ4n) is 2.86. The number of nitrogens with zero attached hydrogens (tertiary/aromatic N) is 3. The summed E-state index contributed by atoms with van der Waals surface area (Å²) in [6.07, 6.45) is 3.38. The number of hydrogen-bond donors (Lipinski definition) is 0. The Bertz CT molecular complexity index is 694. The maximum absolute atomic E-state index is 12.6. The normalized spacial score (nSPS) is 21.7. The van der Waals surface area contributed by atoms with Gasteiger partial charge in [-0.1, -0.05) is 13.0 Å². The molecule has 1 saturated heterocycles. The first-order chi connectivity index (χ1) is 10.1. The summed E-state index contributed by atoms with van der Waals surface area (Å²) in [7, 11) is 1.38. The smallest absolute Gasteiger partial charge is 0.310 e. The number of fused-ring (bicyclic) bond motifs is 1. The van der Waals surface area contributed by atoms with Crippen molar-refractivity contribution < 1.29 is 14.3 Å². The number of likely N-dealkylation sites (tertiary alicyclic amines) is 1. The van der Waals surface area contributed by atoms with Gasteiger partial charge in [-0.25, -0.2) is 4.52 Å². The minimum absolute atomic E-state index is 0.0885. The molecule has 2 atom stereocenters. The second-order valence-electron chi connectivity index (χ2n) is 5.41. The lowest BCUT2D eigenvalue weighted by Crippen LogP contribution is -2.30. The van der Waals surface area contributed by atoms with E-state index in [1.54, 1.807) is 21.8 Å². The molecule has 0 saturated carbocycles. The fourth-order valence-corrected chi connectivity index (χ4v) is 2.86.